The molecule has 0 aliphatic rings. The topological polar surface area (TPSA) is 52.6 Å². The quantitative estimate of drug-likeness (QED) is 0.295. The van der Waals surface area contributed by atoms with E-state index in [4.69, 9.17) is 9.47 Å². The van der Waals surface area contributed by atoms with E-state index < -0.39 is 0 Å². The molecule has 0 saturated heterocycles. The van der Waals surface area contributed by atoms with Gasteiger partial charge in [-0.05, 0) is 49.6 Å². The van der Waals surface area contributed by atoms with Crippen LogP contribution >= 0.6 is 0 Å². The second kappa shape index (κ2) is 11.5. The summed E-state index contributed by atoms with van der Waals surface area (Å²) >= 11 is 0. The van der Waals surface area contributed by atoms with Gasteiger partial charge in [0.25, 0.3) is 6.47 Å². The van der Waals surface area contributed by atoms with Crippen molar-refractivity contribution in [2.45, 2.75) is 27.2 Å². The van der Waals surface area contributed by atoms with Gasteiger partial charge >= 0.3 is 5.97 Å². The highest BCUT2D eigenvalue weighted by Gasteiger charge is 2.03. The van der Waals surface area contributed by atoms with Crippen LogP contribution in [0, 0.1) is 0 Å². The second-order valence-electron chi connectivity index (χ2n) is 6.31. The van der Waals surface area contributed by atoms with Crippen molar-refractivity contribution in [3.05, 3.63) is 78.4 Å². The van der Waals surface area contributed by atoms with Crippen molar-refractivity contribution in [2.24, 2.45) is 0 Å². The molecule has 0 aliphatic heterocycles. The summed E-state index contributed by atoms with van der Waals surface area (Å²) in [6.45, 7) is 13.4. The molecule has 0 N–H and O–H groups in total. The van der Waals surface area contributed by atoms with Gasteiger partial charge in [0.1, 0.15) is 5.75 Å². The third-order valence-electron chi connectivity index (χ3n) is 3.30. The highest BCUT2D eigenvalue weighted by molar-refractivity contribution is 5.86. The molecule has 0 atom stereocenters. The summed E-state index contributed by atoms with van der Waals surface area (Å²) in [5.74, 6) is 0.152. The number of hydrogen-bond acceptors (Lipinski definition) is 4. The fraction of sp³-hybridized carbons (Fsp3) is 0.217. The fourth-order valence-electron chi connectivity index (χ4n) is 2.03. The molecule has 0 saturated carbocycles. The SMILES string of the molecule is C=C(C)C.C=C(C)C(=O)OCCc1ccc(-c2ccc(OC=O)cc2)cc1. The number of benzene rings is 2. The van der Waals surface area contributed by atoms with Crippen molar-refractivity contribution in [2.75, 3.05) is 6.61 Å². The Balaban J connectivity index is 0.000000828. The summed E-state index contributed by atoms with van der Waals surface area (Å²) in [6, 6.07) is 15.3. The zero-order valence-electron chi connectivity index (χ0n) is 16.2. The van der Waals surface area contributed by atoms with Crippen molar-refractivity contribution >= 4 is 12.4 Å². The average Bonchev–Trinajstić information content (AvgIpc) is 2.62. The van der Waals surface area contributed by atoms with Crippen LogP contribution in [0.3, 0.4) is 0 Å². The van der Waals surface area contributed by atoms with Crippen molar-refractivity contribution in [1.29, 1.82) is 0 Å². The molecule has 4 nitrogen and oxygen atoms in total. The number of carbonyl (C=O) groups excluding carboxylic acids is 2. The van der Waals surface area contributed by atoms with Gasteiger partial charge < -0.3 is 9.47 Å². The molecule has 0 heterocycles. The first-order chi connectivity index (χ1) is 12.8. The molecule has 4 heteroatoms. The van der Waals surface area contributed by atoms with Crippen LogP contribution in [0.15, 0.2) is 72.8 Å². The molecule has 2 aromatic rings. The molecular formula is C23H26O4. The van der Waals surface area contributed by atoms with E-state index >= 15 is 0 Å². The van der Waals surface area contributed by atoms with Gasteiger partial charge in [0.2, 0.25) is 0 Å². The van der Waals surface area contributed by atoms with Crippen LogP contribution in [0.2, 0.25) is 0 Å². The first-order valence-corrected chi connectivity index (χ1v) is 8.58. The Morgan fingerprint density at radius 1 is 0.926 bits per heavy atom. The molecule has 0 bridgehead atoms. The lowest BCUT2D eigenvalue weighted by Gasteiger charge is -2.06. The van der Waals surface area contributed by atoms with Crippen LogP contribution < -0.4 is 4.74 Å². The third kappa shape index (κ3) is 8.68. The van der Waals surface area contributed by atoms with E-state index in [2.05, 4.69) is 13.2 Å². The molecule has 27 heavy (non-hydrogen) atoms. The van der Waals surface area contributed by atoms with Gasteiger partial charge in [0.05, 0.1) is 6.61 Å². The van der Waals surface area contributed by atoms with Crippen LogP contribution in [-0.2, 0) is 20.7 Å². The van der Waals surface area contributed by atoms with E-state index in [1.165, 1.54) is 5.57 Å². The maximum Gasteiger partial charge on any atom is 0.333 e. The van der Waals surface area contributed by atoms with Gasteiger partial charge in [-0.15, -0.1) is 6.58 Å². The minimum atomic E-state index is -0.362. The summed E-state index contributed by atoms with van der Waals surface area (Å²) < 4.78 is 9.85. The lowest BCUT2D eigenvalue weighted by Crippen LogP contribution is -2.07. The normalized spacial score (nSPS) is 9.44. The highest BCUT2D eigenvalue weighted by Crippen LogP contribution is 2.22. The summed E-state index contributed by atoms with van der Waals surface area (Å²) in [6.07, 6.45) is 0.658. The van der Waals surface area contributed by atoms with Crippen LogP contribution in [0.5, 0.6) is 5.75 Å². The standard InChI is InChI=1S/C19H18O4.C4H8/c1-14(2)19(21)22-12-11-15-3-5-16(6-4-15)17-7-9-18(10-8-17)23-13-20;1-4(2)3/h3-10,13H,1,11-12H2,2H3;1H2,2-3H3. The van der Waals surface area contributed by atoms with Gasteiger partial charge in [-0.3, -0.25) is 4.79 Å². The van der Waals surface area contributed by atoms with Gasteiger partial charge in [0, 0.05) is 12.0 Å². The Labute approximate surface area is 161 Å². The molecular weight excluding hydrogens is 340 g/mol. The molecule has 0 spiro atoms. The summed E-state index contributed by atoms with van der Waals surface area (Å²) in [5, 5.41) is 0. The van der Waals surface area contributed by atoms with E-state index in [0.717, 1.165) is 16.7 Å². The number of carbonyl (C=O) groups is 2. The molecule has 0 amide bonds. The Kier molecular flexibility index (Phi) is 9.30. The third-order valence-corrected chi connectivity index (χ3v) is 3.30. The van der Waals surface area contributed by atoms with Gasteiger partial charge in [-0.2, -0.15) is 0 Å². The number of esters is 1. The molecule has 0 aromatic heterocycles. The van der Waals surface area contributed by atoms with E-state index in [0.29, 0.717) is 30.8 Å². The van der Waals surface area contributed by atoms with Gasteiger partial charge in [0.15, 0.2) is 0 Å². The van der Waals surface area contributed by atoms with E-state index in [9.17, 15) is 9.59 Å². The molecule has 0 aliphatic carbocycles. The monoisotopic (exact) mass is 366 g/mol. The Bertz CT molecular complexity index is 767. The minimum absolute atomic E-state index is 0.336. The van der Waals surface area contributed by atoms with Crippen LogP contribution in [-0.4, -0.2) is 19.0 Å². The number of allylic oxidation sites excluding steroid dienone is 1. The average molecular weight is 366 g/mol. The molecule has 0 fully saturated rings. The minimum Gasteiger partial charge on any atom is -0.462 e. The van der Waals surface area contributed by atoms with E-state index in [-0.39, 0.29) is 5.97 Å². The maximum absolute atomic E-state index is 11.3. The van der Waals surface area contributed by atoms with E-state index in [1.54, 1.807) is 19.1 Å². The van der Waals surface area contributed by atoms with Crippen molar-refractivity contribution in [3.63, 3.8) is 0 Å². The lowest BCUT2D eigenvalue weighted by molar-refractivity contribution is -0.138. The van der Waals surface area contributed by atoms with Crippen LogP contribution in [0.25, 0.3) is 11.1 Å². The molecule has 2 aromatic carbocycles. The molecule has 2 rings (SSSR count). The summed E-state index contributed by atoms with van der Waals surface area (Å²) in [7, 11) is 0. The molecule has 142 valence electrons. The largest absolute Gasteiger partial charge is 0.462 e. The predicted molar refractivity (Wildman–Crippen MR) is 109 cm³/mol. The van der Waals surface area contributed by atoms with Crippen molar-refractivity contribution in [1.82, 2.24) is 0 Å². The maximum atomic E-state index is 11.3. The molecule has 0 radical (unpaired) electrons. The number of rotatable bonds is 7. The Morgan fingerprint density at radius 2 is 1.41 bits per heavy atom. The van der Waals surface area contributed by atoms with Gasteiger partial charge in [-0.1, -0.05) is 48.6 Å². The smallest absolute Gasteiger partial charge is 0.333 e. The summed E-state index contributed by atoms with van der Waals surface area (Å²) in [4.78, 5) is 21.6. The van der Waals surface area contributed by atoms with Crippen molar-refractivity contribution in [3.8, 4) is 16.9 Å². The Hall–Kier alpha value is -3.14. The number of hydrogen-bond donors (Lipinski definition) is 0. The zero-order valence-corrected chi connectivity index (χ0v) is 16.2. The van der Waals surface area contributed by atoms with E-state index in [1.807, 2.05) is 50.2 Å². The first-order valence-electron chi connectivity index (χ1n) is 8.58. The zero-order chi connectivity index (χ0) is 20.2. The Morgan fingerprint density at radius 3 is 1.85 bits per heavy atom. The van der Waals surface area contributed by atoms with Gasteiger partial charge in [-0.25, -0.2) is 4.79 Å². The number of ether oxygens (including phenoxy) is 2. The molecule has 0 unspecified atom stereocenters. The second-order valence-corrected chi connectivity index (χ2v) is 6.31. The van der Waals surface area contributed by atoms with Crippen LogP contribution in [0.4, 0.5) is 0 Å². The first kappa shape index (κ1) is 21.9. The van der Waals surface area contributed by atoms with Crippen molar-refractivity contribution < 1.29 is 19.1 Å². The predicted octanol–water partition coefficient (Wildman–Crippen LogP) is 5.13. The summed E-state index contributed by atoms with van der Waals surface area (Å²) in [5.41, 5.74) is 4.75. The lowest BCUT2D eigenvalue weighted by atomic mass is 10.0. The van der Waals surface area contributed by atoms with Crippen LogP contribution in [0.1, 0.15) is 26.3 Å². The fourth-order valence-corrected chi connectivity index (χ4v) is 2.03. The highest BCUT2D eigenvalue weighted by atomic mass is 16.5.